The van der Waals surface area contributed by atoms with Gasteiger partial charge < -0.3 is 19.7 Å². The molecule has 7 heteroatoms. The van der Waals surface area contributed by atoms with E-state index in [4.69, 9.17) is 21.7 Å². The lowest BCUT2D eigenvalue weighted by molar-refractivity contribution is 0.0587. The number of carbonyl (C=O) groups is 2. The first-order chi connectivity index (χ1) is 11.6. The van der Waals surface area contributed by atoms with Crippen molar-refractivity contribution in [2.75, 3.05) is 32.6 Å². The summed E-state index contributed by atoms with van der Waals surface area (Å²) in [5.74, 6) is -0.970. The average Bonchev–Trinajstić information content (AvgIpc) is 2.89. The summed E-state index contributed by atoms with van der Waals surface area (Å²) in [5.41, 5.74) is 1.10. The van der Waals surface area contributed by atoms with E-state index in [1.54, 1.807) is 6.07 Å². The number of carbonyl (C=O) groups excluding carboxylic acids is 2. The number of anilines is 1. The highest BCUT2D eigenvalue weighted by molar-refractivity contribution is 7.80. The van der Waals surface area contributed by atoms with Crippen LogP contribution >= 0.6 is 12.2 Å². The second-order valence-electron chi connectivity index (χ2n) is 5.57. The molecule has 6 nitrogen and oxygen atoms in total. The fraction of sp³-hybridized carbons (Fsp3) is 0.471. The number of methoxy groups -OCH3 is 2. The highest BCUT2D eigenvalue weighted by atomic mass is 32.1. The third kappa shape index (κ3) is 4.44. The zero-order valence-electron chi connectivity index (χ0n) is 14.0. The highest BCUT2D eigenvalue weighted by Gasteiger charge is 2.19. The van der Waals surface area contributed by atoms with Crippen LogP contribution < -0.4 is 5.32 Å². The maximum absolute atomic E-state index is 12.0. The number of nitrogens with zero attached hydrogens (tertiary/aromatic N) is 1. The summed E-state index contributed by atoms with van der Waals surface area (Å²) in [4.78, 5) is 25.8. The predicted octanol–water partition coefficient (Wildman–Crippen LogP) is 2.83. The van der Waals surface area contributed by atoms with Gasteiger partial charge in [-0.1, -0.05) is 12.8 Å². The van der Waals surface area contributed by atoms with Crippen LogP contribution in [-0.4, -0.2) is 49.3 Å². The van der Waals surface area contributed by atoms with Gasteiger partial charge in [-0.2, -0.15) is 0 Å². The van der Waals surface area contributed by atoms with Gasteiger partial charge in [-0.15, -0.1) is 0 Å². The third-order valence-electron chi connectivity index (χ3n) is 3.98. The monoisotopic (exact) mass is 350 g/mol. The highest BCUT2D eigenvalue weighted by Crippen LogP contribution is 2.21. The Morgan fingerprint density at radius 3 is 2.25 bits per heavy atom. The summed E-state index contributed by atoms with van der Waals surface area (Å²) in [5, 5.41) is 3.64. The van der Waals surface area contributed by atoms with Crippen LogP contribution in [0.3, 0.4) is 0 Å². The van der Waals surface area contributed by atoms with Crippen molar-refractivity contribution >= 4 is 35.0 Å². The Balaban J connectivity index is 2.25. The Labute approximate surface area is 147 Å². The summed E-state index contributed by atoms with van der Waals surface area (Å²) in [6.45, 7) is 1.77. The number of thiocarbonyl (C=S) groups is 1. The first-order valence-electron chi connectivity index (χ1n) is 7.93. The van der Waals surface area contributed by atoms with Crippen molar-refractivity contribution in [3.8, 4) is 0 Å². The molecule has 0 bridgehead atoms. The van der Waals surface area contributed by atoms with Gasteiger partial charge in [0.25, 0.3) is 0 Å². The number of esters is 2. The minimum absolute atomic E-state index is 0.322. The lowest BCUT2D eigenvalue weighted by Gasteiger charge is -2.24. The summed E-state index contributed by atoms with van der Waals surface area (Å²) >= 11 is 5.48. The second kappa shape index (κ2) is 8.63. The summed E-state index contributed by atoms with van der Waals surface area (Å²) < 4.78 is 9.53. The molecular formula is C17H22N2O4S. The van der Waals surface area contributed by atoms with E-state index in [-0.39, 0.29) is 0 Å². The fourth-order valence-electron chi connectivity index (χ4n) is 2.65. The zero-order chi connectivity index (χ0) is 17.5. The predicted molar refractivity (Wildman–Crippen MR) is 95.4 cm³/mol. The van der Waals surface area contributed by atoms with Gasteiger partial charge in [0.1, 0.15) is 0 Å². The van der Waals surface area contributed by atoms with E-state index in [1.807, 2.05) is 0 Å². The van der Waals surface area contributed by atoms with E-state index >= 15 is 0 Å². The van der Waals surface area contributed by atoms with Crippen molar-refractivity contribution in [3.63, 3.8) is 0 Å². The maximum Gasteiger partial charge on any atom is 0.339 e. The summed E-state index contributed by atoms with van der Waals surface area (Å²) in [6.07, 6.45) is 4.58. The van der Waals surface area contributed by atoms with Crippen LogP contribution in [0.4, 0.5) is 5.69 Å². The molecule has 0 amide bonds. The molecular weight excluding hydrogens is 328 g/mol. The molecule has 1 N–H and O–H groups in total. The molecule has 0 unspecified atom stereocenters. The minimum atomic E-state index is -0.493. The maximum atomic E-state index is 12.0. The molecule has 1 aliphatic rings. The number of nitrogens with one attached hydrogen (secondary N) is 1. The molecule has 1 heterocycles. The molecule has 0 atom stereocenters. The summed E-state index contributed by atoms with van der Waals surface area (Å²) in [6, 6.07) is 4.62. The van der Waals surface area contributed by atoms with Crippen molar-refractivity contribution in [1.29, 1.82) is 0 Å². The Morgan fingerprint density at radius 2 is 1.67 bits per heavy atom. The first kappa shape index (κ1) is 18.2. The van der Waals surface area contributed by atoms with Gasteiger partial charge in [0, 0.05) is 13.1 Å². The minimum Gasteiger partial charge on any atom is -0.465 e. The van der Waals surface area contributed by atoms with E-state index in [0.29, 0.717) is 21.9 Å². The fourth-order valence-corrected chi connectivity index (χ4v) is 2.94. The van der Waals surface area contributed by atoms with Crippen molar-refractivity contribution in [3.05, 3.63) is 29.3 Å². The SMILES string of the molecule is COC(=O)c1ccc(C(=O)OC)c(NC(=S)N2CCCCCC2)c1. The van der Waals surface area contributed by atoms with Crippen LogP contribution in [0.25, 0.3) is 0 Å². The molecule has 1 aliphatic heterocycles. The molecule has 130 valence electrons. The van der Waals surface area contributed by atoms with Gasteiger partial charge >= 0.3 is 11.9 Å². The zero-order valence-corrected chi connectivity index (χ0v) is 14.8. The van der Waals surface area contributed by atoms with Gasteiger partial charge in [0.15, 0.2) is 5.11 Å². The number of ether oxygens (including phenoxy) is 2. The quantitative estimate of drug-likeness (QED) is 0.664. The number of benzene rings is 1. The Bertz CT molecular complexity index is 625. The Morgan fingerprint density at radius 1 is 1.04 bits per heavy atom. The van der Waals surface area contributed by atoms with Crippen molar-refractivity contribution in [2.45, 2.75) is 25.7 Å². The van der Waals surface area contributed by atoms with Crippen LogP contribution in [0.2, 0.25) is 0 Å². The lowest BCUT2D eigenvalue weighted by atomic mass is 10.1. The Hall–Kier alpha value is -2.15. The van der Waals surface area contributed by atoms with E-state index in [0.717, 1.165) is 25.9 Å². The van der Waals surface area contributed by atoms with Gasteiger partial charge in [-0.25, -0.2) is 9.59 Å². The molecule has 1 aromatic rings. The topological polar surface area (TPSA) is 67.9 Å². The molecule has 24 heavy (non-hydrogen) atoms. The Kier molecular flexibility index (Phi) is 6.54. The van der Waals surface area contributed by atoms with Crippen molar-refractivity contribution < 1.29 is 19.1 Å². The second-order valence-corrected chi connectivity index (χ2v) is 5.96. The van der Waals surface area contributed by atoms with E-state index in [1.165, 1.54) is 39.2 Å². The summed E-state index contributed by atoms with van der Waals surface area (Å²) in [7, 11) is 2.62. The smallest absolute Gasteiger partial charge is 0.339 e. The largest absolute Gasteiger partial charge is 0.465 e. The molecule has 0 saturated carbocycles. The van der Waals surface area contributed by atoms with E-state index in [2.05, 4.69) is 10.2 Å². The van der Waals surface area contributed by atoms with Crippen LogP contribution in [0.1, 0.15) is 46.4 Å². The van der Waals surface area contributed by atoms with Crippen LogP contribution in [0, 0.1) is 0 Å². The van der Waals surface area contributed by atoms with Gasteiger partial charge in [-0.3, -0.25) is 0 Å². The normalized spacial score (nSPS) is 14.5. The standard InChI is InChI=1S/C17H22N2O4S/c1-22-15(20)12-7-8-13(16(21)23-2)14(11-12)18-17(24)19-9-5-3-4-6-10-19/h7-8,11H,3-6,9-10H2,1-2H3,(H,18,24). The molecule has 0 spiro atoms. The number of hydrogen-bond acceptors (Lipinski definition) is 5. The molecule has 2 rings (SSSR count). The lowest BCUT2D eigenvalue weighted by Crippen LogP contribution is -2.35. The number of rotatable bonds is 3. The number of likely N-dealkylation sites (tertiary alicyclic amines) is 1. The average molecular weight is 350 g/mol. The first-order valence-corrected chi connectivity index (χ1v) is 8.34. The number of hydrogen-bond donors (Lipinski definition) is 1. The van der Waals surface area contributed by atoms with Gasteiger partial charge in [0.2, 0.25) is 0 Å². The van der Waals surface area contributed by atoms with Crippen LogP contribution in [0.15, 0.2) is 18.2 Å². The molecule has 0 aliphatic carbocycles. The van der Waals surface area contributed by atoms with Crippen LogP contribution in [0.5, 0.6) is 0 Å². The molecule has 0 radical (unpaired) electrons. The van der Waals surface area contributed by atoms with E-state index in [9.17, 15) is 9.59 Å². The van der Waals surface area contributed by atoms with Crippen LogP contribution in [-0.2, 0) is 9.47 Å². The molecule has 0 aromatic heterocycles. The van der Waals surface area contributed by atoms with Crippen molar-refractivity contribution in [2.24, 2.45) is 0 Å². The molecule has 1 fully saturated rings. The van der Waals surface area contributed by atoms with E-state index < -0.39 is 11.9 Å². The van der Waals surface area contributed by atoms with Crippen molar-refractivity contribution in [1.82, 2.24) is 4.90 Å². The molecule has 1 saturated heterocycles. The molecule has 1 aromatic carbocycles. The van der Waals surface area contributed by atoms with Gasteiger partial charge in [-0.05, 0) is 43.3 Å². The third-order valence-corrected chi connectivity index (χ3v) is 4.34. The van der Waals surface area contributed by atoms with Gasteiger partial charge in [0.05, 0.1) is 31.0 Å².